The maximum atomic E-state index is 5.94. The van der Waals surface area contributed by atoms with E-state index in [0.717, 1.165) is 110 Å². The number of unbranched alkanes of at least 4 members (excludes halogenated alkanes) is 9. The molecule has 0 amide bonds. The first-order valence-electron chi connectivity index (χ1n) is 24.1. The highest BCUT2D eigenvalue weighted by molar-refractivity contribution is 6.13. The number of para-hydroxylation sites is 2. The second-order valence-corrected chi connectivity index (χ2v) is 17.5. The molecule has 0 aliphatic heterocycles. The Morgan fingerprint density at radius 1 is 0.500 bits per heavy atom. The van der Waals surface area contributed by atoms with Crippen molar-refractivity contribution in [2.75, 3.05) is 27.3 Å². The van der Waals surface area contributed by atoms with Crippen molar-refractivity contribution in [3.8, 4) is 34.0 Å². The number of aromatic nitrogens is 4. The molecule has 8 nitrogen and oxygen atoms in total. The lowest BCUT2D eigenvalue weighted by atomic mass is 10.1. The number of pyridine rings is 2. The summed E-state index contributed by atoms with van der Waals surface area (Å²) in [6.07, 6.45) is 14.0. The van der Waals surface area contributed by atoms with Crippen LogP contribution in [0.3, 0.4) is 0 Å². The number of benzene rings is 4. The van der Waals surface area contributed by atoms with Crippen molar-refractivity contribution in [3.05, 3.63) is 121 Å². The Labute approximate surface area is 380 Å². The molecule has 4 aromatic carbocycles. The summed E-state index contributed by atoms with van der Waals surface area (Å²) in [4.78, 5) is 13.8. The van der Waals surface area contributed by atoms with Crippen LogP contribution in [0.2, 0.25) is 0 Å². The Morgan fingerprint density at radius 3 is 1.38 bits per heavy atom. The summed E-state index contributed by atoms with van der Waals surface area (Å²) in [5, 5.41) is 5.08. The van der Waals surface area contributed by atoms with Gasteiger partial charge in [0.2, 0.25) is 0 Å². The van der Waals surface area contributed by atoms with Crippen molar-refractivity contribution in [2.24, 2.45) is 5.73 Å². The zero-order valence-electron chi connectivity index (χ0n) is 38.8. The number of rotatable bonds is 24. The maximum Gasteiger partial charge on any atom is 0.118 e. The van der Waals surface area contributed by atoms with E-state index in [-0.39, 0.29) is 0 Å². The summed E-state index contributed by atoms with van der Waals surface area (Å²) in [6, 6.07) is 39.5. The number of ether oxygens (including phenoxy) is 2. The SMILES string of the molecule is CCCCCCn1c2ccccc2c2cc(CN(CCCCCCN)Cc3cc4c5ccccc5n(CCCCCC)c4c(-c4ccc(OC)cc4)n3)nc(-c3ccc(OC)cc3)c21. The molecule has 8 rings (SSSR count). The van der Waals surface area contributed by atoms with Gasteiger partial charge >= 0.3 is 0 Å². The molecule has 4 aromatic heterocycles. The fourth-order valence-corrected chi connectivity index (χ4v) is 9.68. The molecule has 0 atom stereocenters. The lowest BCUT2D eigenvalue weighted by Crippen LogP contribution is -2.25. The van der Waals surface area contributed by atoms with Crippen LogP contribution in [0.5, 0.6) is 11.5 Å². The monoisotopic (exact) mass is 857 g/mol. The van der Waals surface area contributed by atoms with Crippen LogP contribution in [0.25, 0.3) is 66.1 Å². The van der Waals surface area contributed by atoms with Gasteiger partial charge in [0.25, 0.3) is 0 Å². The second kappa shape index (κ2) is 21.8. The Morgan fingerprint density at radius 2 is 0.938 bits per heavy atom. The fraction of sp³-hybridized carbons (Fsp3) is 0.393. The van der Waals surface area contributed by atoms with Crippen LogP contribution < -0.4 is 15.2 Å². The van der Waals surface area contributed by atoms with Crippen molar-refractivity contribution in [1.29, 1.82) is 0 Å². The highest BCUT2D eigenvalue weighted by atomic mass is 16.5. The molecular formula is C56H68N6O2. The number of hydrogen-bond acceptors (Lipinski definition) is 6. The fourth-order valence-electron chi connectivity index (χ4n) is 9.68. The summed E-state index contributed by atoms with van der Waals surface area (Å²) in [5.41, 5.74) is 17.3. The molecule has 8 aromatic rings. The molecule has 0 radical (unpaired) electrons. The van der Waals surface area contributed by atoms with Crippen LogP contribution in [0.1, 0.15) is 102 Å². The van der Waals surface area contributed by atoms with Crippen molar-refractivity contribution in [1.82, 2.24) is 24.0 Å². The first-order valence-corrected chi connectivity index (χ1v) is 24.1. The van der Waals surface area contributed by atoms with Crippen molar-refractivity contribution < 1.29 is 9.47 Å². The van der Waals surface area contributed by atoms with Gasteiger partial charge in [0.05, 0.1) is 48.0 Å². The Balaban J connectivity index is 1.24. The van der Waals surface area contributed by atoms with E-state index in [1.165, 1.54) is 82.1 Å². The van der Waals surface area contributed by atoms with E-state index in [9.17, 15) is 0 Å². The van der Waals surface area contributed by atoms with Crippen molar-refractivity contribution in [2.45, 2.75) is 117 Å². The number of aryl methyl sites for hydroxylation is 2. The van der Waals surface area contributed by atoms with Crippen molar-refractivity contribution in [3.63, 3.8) is 0 Å². The average molecular weight is 857 g/mol. The van der Waals surface area contributed by atoms with Gasteiger partial charge in [0.1, 0.15) is 11.5 Å². The highest BCUT2D eigenvalue weighted by Crippen LogP contribution is 2.39. The van der Waals surface area contributed by atoms with E-state index in [1.807, 2.05) is 0 Å². The summed E-state index contributed by atoms with van der Waals surface area (Å²) in [5.74, 6) is 1.69. The van der Waals surface area contributed by atoms with Gasteiger partial charge in [-0.25, -0.2) is 9.97 Å². The lowest BCUT2D eigenvalue weighted by Gasteiger charge is -2.23. The van der Waals surface area contributed by atoms with Crippen LogP contribution in [-0.4, -0.2) is 51.3 Å². The van der Waals surface area contributed by atoms with Gasteiger partial charge in [0.15, 0.2) is 0 Å². The predicted octanol–water partition coefficient (Wildman–Crippen LogP) is 13.7. The topological polar surface area (TPSA) is 83.4 Å². The van der Waals surface area contributed by atoms with E-state index < -0.39 is 0 Å². The van der Waals surface area contributed by atoms with Gasteiger partial charge in [-0.15, -0.1) is 0 Å². The van der Waals surface area contributed by atoms with Gasteiger partial charge < -0.3 is 24.3 Å². The van der Waals surface area contributed by atoms with E-state index in [4.69, 9.17) is 25.2 Å². The molecule has 334 valence electrons. The molecular weight excluding hydrogens is 789 g/mol. The van der Waals surface area contributed by atoms with Crippen LogP contribution >= 0.6 is 0 Å². The van der Waals surface area contributed by atoms with Crippen LogP contribution in [-0.2, 0) is 26.2 Å². The van der Waals surface area contributed by atoms with Crippen LogP contribution in [0, 0.1) is 0 Å². The van der Waals surface area contributed by atoms with Crippen LogP contribution in [0.4, 0.5) is 0 Å². The number of fused-ring (bicyclic) bond motifs is 6. The summed E-state index contributed by atoms with van der Waals surface area (Å²) in [7, 11) is 3.45. The molecule has 0 spiro atoms. The van der Waals surface area contributed by atoms with E-state index in [2.05, 4.69) is 137 Å². The Hall–Kier alpha value is -5.70. The van der Waals surface area contributed by atoms with E-state index in [0.29, 0.717) is 13.1 Å². The zero-order valence-corrected chi connectivity index (χ0v) is 38.8. The number of nitrogens with zero attached hydrogens (tertiary/aromatic N) is 5. The predicted molar refractivity (Wildman–Crippen MR) is 268 cm³/mol. The lowest BCUT2D eigenvalue weighted by molar-refractivity contribution is 0.245. The van der Waals surface area contributed by atoms with Crippen molar-refractivity contribution >= 4 is 43.6 Å². The average Bonchev–Trinajstić information content (AvgIpc) is 3.83. The Bertz CT molecular complexity index is 2570. The molecule has 0 saturated heterocycles. The quantitative estimate of drug-likeness (QED) is 0.0610. The van der Waals surface area contributed by atoms with Gasteiger partial charge in [0, 0.05) is 69.9 Å². The first-order chi connectivity index (χ1) is 31.5. The summed E-state index contributed by atoms with van der Waals surface area (Å²) < 4.78 is 16.3. The smallest absolute Gasteiger partial charge is 0.118 e. The normalized spacial score (nSPS) is 11.8. The molecule has 0 saturated carbocycles. The third kappa shape index (κ3) is 9.99. The first kappa shape index (κ1) is 44.9. The van der Waals surface area contributed by atoms with Crippen LogP contribution in [0.15, 0.2) is 109 Å². The van der Waals surface area contributed by atoms with Gasteiger partial charge in [-0.05, 0) is 112 Å². The standard InChI is InChI=1S/C56H68N6O2/c1-5-7-9-19-35-61-51-23-15-13-21-47(51)49-37-43(58-53(55(49)61)41-25-29-45(63-3)30-26-41)39-60(34-18-12-11-17-33-57)40-44-38-50-48-22-14-16-24-52(48)62(36-20-10-8-6-2)56(50)54(59-44)42-27-31-46(64-4)32-28-42/h13-16,21-32,37-38H,5-12,17-20,33-36,39-40,57H2,1-4H3. The minimum absolute atomic E-state index is 0.697. The van der Waals surface area contributed by atoms with Gasteiger partial charge in [-0.1, -0.05) is 102 Å². The number of hydrogen-bond donors (Lipinski definition) is 1. The highest BCUT2D eigenvalue weighted by Gasteiger charge is 2.22. The Kier molecular flexibility index (Phi) is 15.3. The molecule has 0 fully saturated rings. The maximum absolute atomic E-state index is 5.94. The third-order valence-electron chi connectivity index (χ3n) is 13.0. The number of nitrogens with two attached hydrogens (primary N) is 1. The molecule has 0 bridgehead atoms. The number of methoxy groups -OCH3 is 2. The molecule has 0 unspecified atom stereocenters. The molecule has 8 heteroatoms. The molecule has 0 aliphatic carbocycles. The minimum Gasteiger partial charge on any atom is -0.497 e. The zero-order chi connectivity index (χ0) is 44.3. The molecule has 2 N–H and O–H groups in total. The molecule has 4 heterocycles. The minimum atomic E-state index is 0.697. The van der Waals surface area contributed by atoms with Gasteiger partial charge in [-0.2, -0.15) is 0 Å². The molecule has 64 heavy (non-hydrogen) atoms. The summed E-state index contributed by atoms with van der Waals surface area (Å²) >= 11 is 0. The molecule has 0 aliphatic rings. The van der Waals surface area contributed by atoms with E-state index >= 15 is 0 Å². The largest absolute Gasteiger partial charge is 0.497 e. The van der Waals surface area contributed by atoms with E-state index in [1.54, 1.807) is 14.2 Å². The summed E-state index contributed by atoms with van der Waals surface area (Å²) in [6.45, 7) is 9.54. The third-order valence-corrected chi connectivity index (χ3v) is 13.0. The van der Waals surface area contributed by atoms with Gasteiger partial charge in [-0.3, -0.25) is 4.90 Å². The second-order valence-electron chi connectivity index (χ2n) is 17.5.